The molecule has 0 aliphatic rings. The van der Waals surface area contributed by atoms with E-state index >= 15 is 0 Å². The molecule has 22 heavy (non-hydrogen) atoms. The fourth-order valence-corrected chi connectivity index (χ4v) is 2.38. The van der Waals surface area contributed by atoms with Crippen molar-refractivity contribution in [2.75, 3.05) is 0 Å². The Labute approximate surface area is 124 Å². The van der Waals surface area contributed by atoms with Crippen molar-refractivity contribution >= 4 is 10.9 Å². The zero-order valence-electron chi connectivity index (χ0n) is 11.4. The van der Waals surface area contributed by atoms with E-state index in [1.807, 2.05) is 0 Å². The van der Waals surface area contributed by atoms with Gasteiger partial charge < -0.3 is 5.11 Å². The Bertz CT molecular complexity index is 800. The average Bonchev–Trinajstić information content (AvgIpc) is 2.53. The number of hydrogen-bond donors (Lipinski definition) is 1. The maximum Gasteiger partial charge on any atom is 0.433 e. The molecule has 0 aliphatic carbocycles. The van der Waals surface area contributed by atoms with E-state index in [2.05, 4.69) is 4.98 Å². The minimum atomic E-state index is -4.63. The average molecular weight is 303 g/mol. The third kappa shape index (κ3) is 2.67. The highest BCUT2D eigenvalue weighted by atomic mass is 19.4. The third-order valence-electron chi connectivity index (χ3n) is 3.43. The summed E-state index contributed by atoms with van der Waals surface area (Å²) in [5.74, 6) is 0. The van der Waals surface area contributed by atoms with Crippen molar-refractivity contribution in [1.29, 1.82) is 0 Å². The lowest BCUT2D eigenvalue weighted by Crippen LogP contribution is -2.15. The summed E-state index contributed by atoms with van der Waals surface area (Å²) in [4.78, 5) is 3.71. The molecule has 0 aliphatic heterocycles. The van der Waals surface area contributed by atoms with Crippen LogP contribution in [0.15, 0.2) is 60.7 Å². The van der Waals surface area contributed by atoms with Crippen molar-refractivity contribution in [3.8, 4) is 0 Å². The summed E-state index contributed by atoms with van der Waals surface area (Å²) in [6.07, 6.45) is -6.01. The van der Waals surface area contributed by atoms with Gasteiger partial charge in [-0.1, -0.05) is 48.5 Å². The van der Waals surface area contributed by atoms with Gasteiger partial charge in [-0.15, -0.1) is 0 Å². The molecule has 0 fully saturated rings. The molecule has 0 saturated carbocycles. The van der Waals surface area contributed by atoms with E-state index in [0.29, 0.717) is 10.9 Å². The zero-order chi connectivity index (χ0) is 15.7. The highest BCUT2D eigenvalue weighted by Gasteiger charge is 2.37. The van der Waals surface area contributed by atoms with E-state index < -0.39 is 18.0 Å². The number of aliphatic hydroxyl groups excluding tert-OH is 1. The first kappa shape index (κ1) is 14.5. The number of fused-ring (bicyclic) bond motifs is 1. The highest BCUT2D eigenvalue weighted by Crippen LogP contribution is 2.36. The van der Waals surface area contributed by atoms with Crippen LogP contribution in [-0.4, -0.2) is 10.1 Å². The van der Waals surface area contributed by atoms with E-state index in [1.165, 1.54) is 12.1 Å². The highest BCUT2D eigenvalue weighted by molar-refractivity contribution is 5.79. The second-order valence-corrected chi connectivity index (χ2v) is 4.93. The fraction of sp³-hybridized carbons (Fsp3) is 0.118. The first-order valence-electron chi connectivity index (χ1n) is 6.67. The predicted molar refractivity (Wildman–Crippen MR) is 77.2 cm³/mol. The molecular formula is C17H12F3NO. The van der Waals surface area contributed by atoms with Crippen molar-refractivity contribution in [3.05, 3.63) is 77.5 Å². The molecule has 112 valence electrons. The van der Waals surface area contributed by atoms with Crippen LogP contribution in [0.5, 0.6) is 0 Å². The van der Waals surface area contributed by atoms with Crippen LogP contribution in [0.1, 0.15) is 22.9 Å². The molecule has 1 aromatic heterocycles. The zero-order valence-corrected chi connectivity index (χ0v) is 11.4. The van der Waals surface area contributed by atoms with Gasteiger partial charge in [0.2, 0.25) is 0 Å². The Morgan fingerprint density at radius 1 is 0.909 bits per heavy atom. The third-order valence-corrected chi connectivity index (χ3v) is 3.43. The van der Waals surface area contributed by atoms with Crippen molar-refractivity contribution in [1.82, 2.24) is 4.98 Å². The molecule has 0 amide bonds. The summed E-state index contributed by atoms with van der Waals surface area (Å²) in [6.45, 7) is 0. The van der Waals surface area contributed by atoms with E-state index in [0.717, 1.165) is 0 Å². The van der Waals surface area contributed by atoms with E-state index in [1.54, 1.807) is 48.5 Å². The SMILES string of the molecule is OC(c1ccccc1)c1cc2ccccc2nc1C(F)(F)F. The molecular weight excluding hydrogens is 291 g/mol. The molecule has 0 spiro atoms. The van der Waals surface area contributed by atoms with Gasteiger partial charge in [0.25, 0.3) is 0 Å². The van der Waals surface area contributed by atoms with Crippen LogP contribution < -0.4 is 0 Å². The van der Waals surface area contributed by atoms with Crippen LogP contribution in [0, 0.1) is 0 Å². The summed E-state index contributed by atoms with van der Waals surface area (Å²) >= 11 is 0. The number of nitrogens with zero attached hydrogens (tertiary/aromatic N) is 1. The number of rotatable bonds is 2. The van der Waals surface area contributed by atoms with Crippen LogP contribution in [0.4, 0.5) is 13.2 Å². The largest absolute Gasteiger partial charge is 0.433 e. The molecule has 3 aromatic rings. The molecule has 1 heterocycles. The van der Waals surface area contributed by atoms with Crippen molar-refractivity contribution in [2.45, 2.75) is 12.3 Å². The quantitative estimate of drug-likeness (QED) is 0.764. The maximum absolute atomic E-state index is 13.3. The molecule has 1 unspecified atom stereocenters. The molecule has 1 N–H and O–H groups in total. The number of hydrogen-bond acceptors (Lipinski definition) is 2. The van der Waals surface area contributed by atoms with E-state index in [-0.39, 0.29) is 11.1 Å². The molecule has 3 rings (SSSR count). The normalized spacial score (nSPS) is 13.3. The van der Waals surface area contributed by atoms with E-state index in [9.17, 15) is 18.3 Å². The van der Waals surface area contributed by atoms with Crippen molar-refractivity contribution in [3.63, 3.8) is 0 Å². The van der Waals surface area contributed by atoms with Crippen molar-refractivity contribution < 1.29 is 18.3 Å². The number of alkyl halides is 3. The van der Waals surface area contributed by atoms with Gasteiger partial charge in [-0.05, 0) is 17.7 Å². The topological polar surface area (TPSA) is 33.1 Å². The maximum atomic E-state index is 13.3. The molecule has 0 radical (unpaired) electrons. The van der Waals surface area contributed by atoms with Crippen LogP contribution >= 0.6 is 0 Å². The Kier molecular flexibility index (Phi) is 3.58. The minimum Gasteiger partial charge on any atom is -0.384 e. The first-order valence-corrected chi connectivity index (χ1v) is 6.67. The summed E-state index contributed by atoms with van der Waals surface area (Å²) < 4.78 is 39.8. The second kappa shape index (κ2) is 5.42. The lowest BCUT2D eigenvalue weighted by atomic mass is 9.98. The monoisotopic (exact) mass is 303 g/mol. The van der Waals surface area contributed by atoms with Gasteiger partial charge in [-0.3, -0.25) is 0 Å². The lowest BCUT2D eigenvalue weighted by Gasteiger charge is -2.18. The Hall–Kier alpha value is -2.40. The molecule has 0 bridgehead atoms. The number of aliphatic hydroxyl groups is 1. The number of benzene rings is 2. The Balaban J connectivity index is 2.22. The molecule has 2 aromatic carbocycles. The molecule has 0 saturated heterocycles. The summed E-state index contributed by atoms with van der Waals surface area (Å²) in [5, 5.41) is 10.9. The summed E-state index contributed by atoms with van der Waals surface area (Å²) in [7, 11) is 0. The van der Waals surface area contributed by atoms with Gasteiger partial charge in [0.05, 0.1) is 5.52 Å². The van der Waals surface area contributed by atoms with Crippen LogP contribution in [0.2, 0.25) is 0 Å². The van der Waals surface area contributed by atoms with Crippen LogP contribution in [0.25, 0.3) is 10.9 Å². The second-order valence-electron chi connectivity index (χ2n) is 4.93. The number of para-hydroxylation sites is 1. The number of aromatic nitrogens is 1. The summed E-state index contributed by atoms with van der Waals surface area (Å²) in [5.41, 5.74) is -0.649. The molecule has 5 heteroatoms. The van der Waals surface area contributed by atoms with Gasteiger partial charge in [0.15, 0.2) is 5.69 Å². The van der Waals surface area contributed by atoms with Gasteiger partial charge >= 0.3 is 6.18 Å². The van der Waals surface area contributed by atoms with Crippen LogP contribution in [-0.2, 0) is 6.18 Å². The first-order chi connectivity index (χ1) is 10.5. The minimum absolute atomic E-state index is 0.239. The Morgan fingerprint density at radius 3 is 2.23 bits per heavy atom. The number of halogens is 3. The number of pyridine rings is 1. The molecule has 1 atom stereocenters. The fourth-order valence-electron chi connectivity index (χ4n) is 2.38. The van der Waals surface area contributed by atoms with Gasteiger partial charge in [-0.25, -0.2) is 4.98 Å². The van der Waals surface area contributed by atoms with Gasteiger partial charge in [0.1, 0.15) is 6.10 Å². The Morgan fingerprint density at radius 2 is 1.55 bits per heavy atom. The van der Waals surface area contributed by atoms with Gasteiger partial charge in [0, 0.05) is 10.9 Å². The van der Waals surface area contributed by atoms with Gasteiger partial charge in [-0.2, -0.15) is 13.2 Å². The molecule has 2 nitrogen and oxygen atoms in total. The standard InChI is InChI=1S/C17H12F3NO/c18-17(19,20)16-13(15(22)11-6-2-1-3-7-11)10-12-8-4-5-9-14(12)21-16/h1-10,15,22H. The van der Waals surface area contributed by atoms with E-state index in [4.69, 9.17) is 0 Å². The summed E-state index contributed by atoms with van der Waals surface area (Å²) in [6, 6.07) is 16.1. The van der Waals surface area contributed by atoms with Crippen LogP contribution in [0.3, 0.4) is 0 Å². The lowest BCUT2D eigenvalue weighted by molar-refractivity contribution is -0.142. The predicted octanol–water partition coefficient (Wildman–Crippen LogP) is 4.34. The van der Waals surface area contributed by atoms with Crippen molar-refractivity contribution in [2.24, 2.45) is 0 Å². The smallest absolute Gasteiger partial charge is 0.384 e.